The van der Waals surface area contributed by atoms with Crippen molar-refractivity contribution in [2.75, 3.05) is 0 Å². The first-order valence-electron chi connectivity index (χ1n) is 8.92. The van der Waals surface area contributed by atoms with Gasteiger partial charge in [0, 0.05) is 13.2 Å². The maximum Gasteiger partial charge on any atom is 0.351 e. The number of carbonyl (C=O) groups is 1. The number of hydrogen-bond acceptors (Lipinski definition) is 8. The topological polar surface area (TPSA) is 138 Å². The van der Waals surface area contributed by atoms with Gasteiger partial charge in [-0.05, 0) is 36.4 Å². The summed E-state index contributed by atoms with van der Waals surface area (Å²) < 4.78 is 19.8. The summed E-state index contributed by atoms with van der Waals surface area (Å²) in [5.41, 5.74) is -1.02. The van der Waals surface area contributed by atoms with E-state index in [1.54, 1.807) is 24.4 Å². The second-order valence-electron chi connectivity index (χ2n) is 6.31. The van der Waals surface area contributed by atoms with Gasteiger partial charge in [-0.3, -0.25) is 19.1 Å². The number of halogens is 1. The van der Waals surface area contributed by atoms with Crippen LogP contribution in [0.1, 0.15) is 16.4 Å². The molecule has 11 nitrogen and oxygen atoms in total. The molecule has 1 aromatic carbocycles. The van der Waals surface area contributed by atoms with E-state index in [1.807, 2.05) is 0 Å². The van der Waals surface area contributed by atoms with E-state index in [9.17, 15) is 18.8 Å². The molecule has 0 aliphatic rings. The van der Waals surface area contributed by atoms with E-state index in [2.05, 4.69) is 25.5 Å². The van der Waals surface area contributed by atoms with E-state index >= 15 is 0 Å². The molecule has 3 heterocycles. The van der Waals surface area contributed by atoms with Crippen LogP contribution >= 0.6 is 0 Å². The SMILES string of the molecule is Cn1c(=O)c(-c2noc(C(=O)NCc3ccccn3)n2)nn(-c2ccc(F)cc2)c1=O. The van der Waals surface area contributed by atoms with Gasteiger partial charge in [0.2, 0.25) is 5.82 Å². The Kier molecular flexibility index (Phi) is 5.18. The number of nitrogens with zero attached hydrogens (tertiary/aromatic N) is 6. The molecule has 3 aromatic heterocycles. The number of benzene rings is 1. The minimum atomic E-state index is -0.787. The summed E-state index contributed by atoms with van der Waals surface area (Å²) in [7, 11) is 1.25. The van der Waals surface area contributed by atoms with Crippen molar-refractivity contribution in [3.05, 3.63) is 86.9 Å². The highest BCUT2D eigenvalue weighted by Gasteiger charge is 2.21. The summed E-state index contributed by atoms with van der Waals surface area (Å²) in [6.45, 7) is 0.132. The number of aromatic nitrogens is 6. The Hall–Kier alpha value is -4.48. The maximum absolute atomic E-state index is 13.2. The van der Waals surface area contributed by atoms with E-state index in [-0.39, 0.29) is 23.8 Å². The van der Waals surface area contributed by atoms with Gasteiger partial charge in [0.25, 0.3) is 5.56 Å². The van der Waals surface area contributed by atoms with Gasteiger partial charge < -0.3 is 9.84 Å². The third-order valence-electron chi connectivity index (χ3n) is 4.23. The van der Waals surface area contributed by atoms with Gasteiger partial charge in [-0.1, -0.05) is 11.2 Å². The Morgan fingerprint density at radius 2 is 1.94 bits per heavy atom. The summed E-state index contributed by atoms with van der Waals surface area (Å²) in [4.78, 5) is 45.2. The van der Waals surface area contributed by atoms with Crippen molar-refractivity contribution in [1.82, 2.24) is 34.8 Å². The van der Waals surface area contributed by atoms with Crippen LogP contribution in [0, 0.1) is 5.82 Å². The molecule has 0 aliphatic carbocycles. The van der Waals surface area contributed by atoms with E-state index in [0.717, 1.165) is 21.4 Å². The quantitative estimate of drug-likeness (QED) is 0.488. The van der Waals surface area contributed by atoms with Crippen LogP contribution in [0.2, 0.25) is 0 Å². The van der Waals surface area contributed by atoms with Crippen molar-refractivity contribution < 1.29 is 13.7 Å². The molecule has 1 amide bonds. The first-order chi connectivity index (χ1) is 14.9. The predicted molar refractivity (Wildman–Crippen MR) is 104 cm³/mol. The van der Waals surface area contributed by atoms with Gasteiger partial charge in [0.1, 0.15) is 5.82 Å². The Labute approximate surface area is 172 Å². The van der Waals surface area contributed by atoms with Crippen LogP contribution in [0.25, 0.3) is 17.2 Å². The van der Waals surface area contributed by atoms with Crippen LogP contribution in [0.3, 0.4) is 0 Å². The Morgan fingerprint density at radius 3 is 2.65 bits per heavy atom. The van der Waals surface area contributed by atoms with Crippen molar-refractivity contribution in [1.29, 1.82) is 0 Å². The molecular formula is C19H14FN7O4. The van der Waals surface area contributed by atoms with Gasteiger partial charge in [-0.15, -0.1) is 0 Å². The highest BCUT2D eigenvalue weighted by atomic mass is 19.1. The lowest BCUT2D eigenvalue weighted by Crippen LogP contribution is -2.40. The predicted octanol–water partition coefficient (Wildman–Crippen LogP) is 0.445. The molecule has 4 aromatic rings. The number of amides is 1. The van der Waals surface area contributed by atoms with Gasteiger partial charge >= 0.3 is 17.5 Å². The Balaban J connectivity index is 1.65. The van der Waals surface area contributed by atoms with E-state index in [1.165, 1.54) is 19.2 Å². The third kappa shape index (κ3) is 3.99. The minimum Gasteiger partial charge on any atom is -0.342 e. The van der Waals surface area contributed by atoms with Gasteiger partial charge in [-0.25, -0.2) is 9.18 Å². The minimum absolute atomic E-state index is 0.132. The van der Waals surface area contributed by atoms with Crippen molar-refractivity contribution >= 4 is 5.91 Å². The molecule has 31 heavy (non-hydrogen) atoms. The smallest absolute Gasteiger partial charge is 0.342 e. The molecule has 0 aliphatic heterocycles. The normalized spacial score (nSPS) is 10.8. The lowest BCUT2D eigenvalue weighted by Gasteiger charge is -2.07. The van der Waals surface area contributed by atoms with Crippen molar-refractivity contribution in [3.8, 4) is 17.2 Å². The Bertz CT molecular complexity index is 1360. The van der Waals surface area contributed by atoms with Crippen LogP contribution in [0.4, 0.5) is 4.39 Å². The molecule has 0 saturated heterocycles. The summed E-state index contributed by atoms with van der Waals surface area (Å²) >= 11 is 0. The molecule has 0 spiro atoms. The average Bonchev–Trinajstić information content (AvgIpc) is 3.28. The molecule has 156 valence electrons. The van der Waals surface area contributed by atoms with Crippen LogP contribution < -0.4 is 16.6 Å². The fraction of sp³-hybridized carbons (Fsp3) is 0.105. The van der Waals surface area contributed by atoms with E-state index in [0.29, 0.717) is 5.69 Å². The summed E-state index contributed by atoms with van der Waals surface area (Å²) in [5, 5.41) is 10.2. The number of hydrogen-bond donors (Lipinski definition) is 1. The number of pyridine rings is 1. The van der Waals surface area contributed by atoms with Crippen molar-refractivity contribution in [2.24, 2.45) is 7.05 Å². The number of rotatable bonds is 5. The van der Waals surface area contributed by atoms with Crippen molar-refractivity contribution in [3.63, 3.8) is 0 Å². The van der Waals surface area contributed by atoms with Crippen LogP contribution in [0.15, 0.2) is 62.8 Å². The molecule has 0 fully saturated rings. The molecule has 0 unspecified atom stereocenters. The molecule has 0 radical (unpaired) electrons. The molecule has 12 heteroatoms. The zero-order valence-corrected chi connectivity index (χ0v) is 16.0. The first-order valence-corrected chi connectivity index (χ1v) is 8.92. The second-order valence-corrected chi connectivity index (χ2v) is 6.31. The Morgan fingerprint density at radius 1 is 1.16 bits per heavy atom. The van der Waals surface area contributed by atoms with Crippen LogP contribution in [-0.4, -0.2) is 35.4 Å². The molecule has 1 N–H and O–H groups in total. The molecular weight excluding hydrogens is 409 g/mol. The van der Waals surface area contributed by atoms with E-state index < -0.39 is 28.9 Å². The molecule has 0 atom stereocenters. The largest absolute Gasteiger partial charge is 0.351 e. The van der Waals surface area contributed by atoms with Gasteiger partial charge in [-0.2, -0.15) is 14.8 Å². The zero-order valence-electron chi connectivity index (χ0n) is 16.0. The van der Waals surface area contributed by atoms with Gasteiger partial charge in [0.05, 0.1) is 17.9 Å². The molecule has 0 bridgehead atoms. The average molecular weight is 423 g/mol. The monoisotopic (exact) mass is 423 g/mol. The summed E-state index contributed by atoms with van der Waals surface area (Å²) in [6.07, 6.45) is 1.59. The van der Waals surface area contributed by atoms with Crippen LogP contribution in [0.5, 0.6) is 0 Å². The van der Waals surface area contributed by atoms with Crippen molar-refractivity contribution in [2.45, 2.75) is 6.54 Å². The fourth-order valence-electron chi connectivity index (χ4n) is 2.63. The number of carbonyl (C=O) groups excluding carboxylic acids is 1. The second kappa shape index (κ2) is 8.10. The highest BCUT2D eigenvalue weighted by molar-refractivity contribution is 5.89. The zero-order chi connectivity index (χ0) is 22.0. The van der Waals surface area contributed by atoms with E-state index in [4.69, 9.17) is 4.52 Å². The third-order valence-corrected chi connectivity index (χ3v) is 4.23. The maximum atomic E-state index is 13.2. The molecule has 0 saturated carbocycles. The fourth-order valence-corrected chi connectivity index (χ4v) is 2.63. The number of nitrogens with one attached hydrogen (secondary N) is 1. The van der Waals surface area contributed by atoms with Gasteiger partial charge in [0.15, 0.2) is 5.69 Å². The van der Waals surface area contributed by atoms with Crippen LogP contribution in [-0.2, 0) is 13.6 Å². The lowest BCUT2D eigenvalue weighted by molar-refractivity contribution is 0.0906. The summed E-state index contributed by atoms with van der Waals surface area (Å²) in [6, 6.07) is 10.2. The summed E-state index contributed by atoms with van der Waals surface area (Å²) in [5.74, 6) is -1.84. The first kappa shape index (κ1) is 19.8. The standard InChI is InChI=1S/C19H14FN7O4/c1-26-18(29)14(24-27(19(26)30)13-7-5-11(20)6-8-13)15-23-17(31-25-15)16(28)22-10-12-4-2-3-9-21-12/h2-9H,10H2,1H3,(H,22,28). The molecule has 4 rings (SSSR count). The highest BCUT2D eigenvalue weighted by Crippen LogP contribution is 2.10. The lowest BCUT2D eigenvalue weighted by atomic mass is 10.3.